The highest BCUT2D eigenvalue weighted by Crippen LogP contribution is 2.29. The highest BCUT2D eigenvalue weighted by atomic mass is 16.5. The van der Waals surface area contributed by atoms with E-state index in [1.807, 2.05) is 36.4 Å². The Bertz CT molecular complexity index is 861. The van der Waals surface area contributed by atoms with Gasteiger partial charge < -0.3 is 14.2 Å². The molecule has 0 spiro atoms. The van der Waals surface area contributed by atoms with Crippen molar-refractivity contribution in [3.63, 3.8) is 0 Å². The van der Waals surface area contributed by atoms with E-state index in [1.165, 1.54) is 11.1 Å². The molecule has 1 atom stereocenters. The maximum Gasteiger partial charge on any atom is 0.123 e. The van der Waals surface area contributed by atoms with E-state index in [-0.39, 0.29) is 12.2 Å². The molecule has 0 amide bonds. The summed E-state index contributed by atoms with van der Waals surface area (Å²) in [6.45, 7) is 3.50. The molecule has 4 heteroatoms. The van der Waals surface area contributed by atoms with Crippen molar-refractivity contribution in [2.24, 2.45) is 0 Å². The zero-order valence-corrected chi connectivity index (χ0v) is 17.4. The third kappa shape index (κ3) is 5.41. The lowest BCUT2D eigenvalue weighted by Crippen LogP contribution is -2.28. The van der Waals surface area contributed by atoms with E-state index in [1.54, 1.807) is 7.11 Å². The van der Waals surface area contributed by atoms with Gasteiger partial charge in [-0.3, -0.25) is 4.90 Å². The zero-order valence-electron chi connectivity index (χ0n) is 17.4. The van der Waals surface area contributed by atoms with Crippen LogP contribution < -0.4 is 9.47 Å². The van der Waals surface area contributed by atoms with Crippen LogP contribution in [0.2, 0.25) is 0 Å². The van der Waals surface area contributed by atoms with Gasteiger partial charge in [0.15, 0.2) is 0 Å². The van der Waals surface area contributed by atoms with Crippen LogP contribution in [0, 0.1) is 0 Å². The first kappa shape index (κ1) is 20.5. The minimum atomic E-state index is -0.0367. The molecule has 1 aliphatic rings. The van der Waals surface area contributed by atoms with Crippen LogP contribution in [0.4, 0.5) is 0 Å². The Labute approximate surface area is 179 Å². The van der Waals surface area contributed by atoms with Crippen LogP contribution in [0.15, 0.2) is 84.9 Å². The van der Waals surface area contributed by atoms with Crippen LogP contribution >= 0.6 is 0 Å². The van der Waals surface area contributed by atoms with Crippen LogP contribution in [0.5, 0.6) is 11.5 Å². The molecule has 1 unspecified atom stereocenters. The second-order valence-electron chi connectivity index (χ2n) is 7.58. The molecule has 3 aromatic carbocycles. The van der Waals surface area contributed by atoms with E-state index < -0.39 is 0 Å². The summed E-state index contributed by atoms with van der Waals surface area (Å²) in [7, 11) is 1.67. The van der Waals surface area contributed by atoms with Crippen molar-refractivity contribution < 1.29 is 14.2 Å². The van der Waals surface area contributed by atoms with Crippen LogP contribution in [0.25, 0.3) is 0 Å². The predicted molar refractivity (Wildman–Crippen MR) is 119 cm³/mol. The van der Waals surface area contributed by atoms with Gasteiger partial charge >= 0.3 is 0 Å². The van der Waals surface area contributed by atoms with Crippen molar-refractivity contribution in [2.75, 3.05) is 33.4 Å². The van der Waals surface area contributed by atoms with E-state index in [0.717, 1.165) is 37.6 Å². The number of hydrogen-bond donors (Lipinski definition) is 0. The maximum absolute atomic E-state index is 6.61. The zero-order chi connectivity index (χ0) is 20.6. The molecule has 0 aliphatic carbocycles. The smallest absolute Gasteiger partial charge is 0.123 e. The fourth-order valence-electron chi connectivity index (χ4n) is 3.89. The first-order valence-electron chi connectivity index (χ1n) is 10.6. The van der Waals surface area contributed by atoms with Gasteiger partial charge in [-0.15, -0.1) is 0 Å². The fraction of sp³-hybridized carbons (Fsp3) is 0.308. The molecule has 0 radical (unpaired) electrons. The average Bonchev–Trinajstić information content (AvgIpc) is 3.26. The number of likely N-dealkylation sites (tertiary alicyclic amines) is 1. The molecule has 0 aromatic heterocycles. The van der Waals surface area contributed by atoms with Crippen LogP contribution in [0.1, 0.15) is 23.7 Å². The summed E-state index contributed by atoms with van der Waals surface area (Å²) < 4.78 is 17.8. The number of rotatable bonds is 9. The Kier molecular flexibility index (Phi) is 7.01. The van der Waals surface area contributed by atoms with E-state index in [2.05, 4.69) is 53.4 Å². The summed E-state index contributed by atoms with van der Waals surface area (Å²) in [6, 6.07) is 28.7. The fourth-order valence-corrected chi connectivity index (χ4v) is 3.89. The van der Waals surface area contributed by atoms with Crippen molar-refractivity contribution in [1.82, 2.24) is 4.90 Å². The maximum atomic E-state index is 6.61. The molecule has 30 heavy (non-hydrogen) atoms. The van der Waals surface area contributed by atoms with Crippen LogP contribution in [0.3, 0.4) is 0 Å². The van der Waals surface area contributed by atoms with E-state index in [9.17, 15) is 0 Å². The van der Waals surface area contributed by atoms with Gasteiger partial charge in [0.1, 0.15) is 24.2 Å². The Hall–Kier alpha value is -2.82. The third-order valence-corrected chi connectivity index (χ3v) is 5.48. The highest BCUT2D eigenvalue weighted by Gasteiger charge is 2.27. The second kappa shape index (κ2) is 10.3. The number of benzene rings is 3. The molecule has 0 bridgehead atoms. The van der Waals surface area contributed by atoms with Gasteiger partial charge in [0.05, 0.1) is 13.2 Å². The molecule has 3 aromatic rings. The summed E-state index contributed by atoms with van der Waals surface area (Å²) >= 11 is 0. The normalized spacial score (nSPS) is 16.7. The quantitative estimate of drug-likeness (QED) is 0.506. The molecule has 4 nitrogen and oxygen atoms in total. The topological polar surface area (TPSA) is 30.9 Å². The number of hydrogen-bond acceptors (Lipinski definition) is 4. The van der Waals surface area contributed by atoms with Crippen molar-refractivity contribution in [1.29, 1.82) is 0 Å². The largest absolute Gasteiger partial charge is 0.497 e. The lowest BCUT2D eigenvalue weighted by atomic mass is 10.0. The molecule has 1 heterocycles. The summed E-state index contributed by atoms with van der Waals surface area (Å²) in [5.74, 6) is 1.66. The molecule has 156 valence electrons. The molecule has 0 saturated carbocycles. The van der Waals surface area contributed by atoms with E-state index in [0.29, 0.717) is 6.61 Å². The summed E-state index contributed by atoms with van der Waals surface area (Å²) in [6.07, 6.45) is 1.22. The second-order valence-corrected chi connectivity index (χ2v) is 7.58. The minimum Gasteiger partial charge on any atom is -0.497 e. The number of nitrogens with zero attached hydrogens (tertiary/aromatic N) is 1. The molecule has 4 rings (SSSR count). The van der Waals surface area contributed by atoms with Gasteiger partial charge in [0.2, 0.25) is 0 Å². The summed E-state index contributed by atoms with van der Waals surface area (Å²) in [5.41, 5.74) is 2.40. The van der Waals surface area contributed by atoms with Gasteiger partial charge in [-0.05, 0) is 29.7 Å². The van der Waals surface area contributed by atoms with E-state index in [4.69, 9.17) is 14.2 Å². The van der Waals surface area contributed by atoms with Crippen molar-refractivity contribution >= 4 is 0 Å². The Balaban J connectivity index is 1.31. The Morgan fingerprint density at radius 2 is 1.53 bits per heavy atom. The first-order valence-corrected chi connectivity index (χ1v) is 10.6. The lowest BCUT2D eigenvalue weighted by Gasteiger charge is -2.23. The van der Waals surface area contributed by atoms with Crippen LogP contribution in [-0.2, 0) is 4.74 Å². The number of ether oxygens (including phenoxy) is 3. The SMILES string of the molecule is COc1cccc(OCCN2CCC(OC(c3ccccc3)c3ccccc3)C2)c1. The van der Waals surface area contributed by atoms with Gasteiger partial charge in [-0.25, -0.2) is 0 Å². The molecule has 1 saturated heterocycles. The minimum absolute atomic E-state index is 0.0367. The van der Waals surface area contributed by atoms with Crippen molar-refractivity contribution in [3.05, 3.63) is 96.1 Å². The first-order chi connectivity index (χ1) is 14.8. The monoisotopic (exact) mass is 403 g/mol. The Morgan fingerprint density at radius 1 is 0.867 bits per heavy atom. The molecular weight excluding hydrogens is 374 g/mol. The van der Waals surface area contributed by atoms with Gasteiger partial charge in [0, 0.05) is 25.7 Å². The van der Waals surface area contributed by atoms with Gasteiger partial charge in [-0.1, -0.05) is 66.7 Å². The average molecular weight is 404 g/mol. The third-order valence-electron chi connectivity index (χ3n) is 5.48. The highest BCUT2D eigenvalue weighted by molar-refractivity contribution is 5.33. The van der Waals surface area contributed by atoms with Gasteiger partial charge in [0.25, 0.3) is 0 Å². The summed E-state index contributed by atoms with van der Waals surface area (Å²) in [5, 5.41) is 0. The van der Waals surface area contributed by atoms with Crippen LogP contribution in [-0.4, -0.2) is 44.4 Å². The van der Waals surface area contributed by atoms with Gasteiger partial charge in [-0.2, -0.15) is 0 Å². The standard InChI is InChI=1S/C26H29NO3/c1-28-23-13-8-14-24(19-23)29-18-17-27-16-15-25(20-27)30-26(21-9-4-2-5-10-21)22-11-6-3-7-12-22/h2-14,19,25-26H,15-18,20H2,1H3. The predicted octanol–water partition coefficient (Wildman–Crippen LogP) is 4.95. The molecule has 1 aliphatic heterocycles. The van der Waals surface area contributed by atoms with Crippen molar-refractivity contribution in [2.45, 2.75) is 18.6 Å². The Morgan fingerprint density at radius 3 is 2.20 bits per heavy atom. The van der Waals surface area contributed by atoms with E-state index >= 15 is 0 Å². The summed E-state index contributed by atoms with van der Waals surface area (Å²) in [4.78, 5) is 2.41. The molecule has 1 fully saturated rings. The van der Waals surface area contributed by atoms with Crippen molar-refractivity contribution in [3.8, 4) is 11.5 Å². The lowest BCUT2D eigenvalue weighted by molar-refractivity contribution is 0.0137. The molecular formula is C26H29NO3. The number of methoxy groups -OCH3 is 1. The molecule has 0 N–H and O–H groups in total.